The van der Waals surface area contributed by atoms with E-state index in [9.17, 15) is 10.1 Å². The average molecular weight is 641 g/mol. The first kappa shape index (κ1) is 40.8. The van der Waals surface area contributed by atoms with E-state index in [2.05, 4.69) is 64.9 Å². The second-order valence-corrected chi connectivity index (χ2v) is 24.2. The Bertz CT molecular complexity index is 912. The maximum Gasteiger partial charge on any atom is 0.358 e. The third kappa shape index (κ3) is 13.6. The lowest BCUT2D eigenvalue weighted by Crippen LogP contribution is -2.64. The molecule has 0 bridgehead atoms. The molecular weight excluding hydrogens is 577 g/mol. The molecule has 0 saturated carbocycles. The standard InChI is InChI=1S/C30H56N2O5Si3.2CH4/c1-9-11-12-13-14-15-16-20-29(40(8)36-38(4,5)22-21-34-39(6,7)37-40)35-30(33)28(24-31)26-18-17-19-27(23-26)32-25(3)10-2;;/h23,25,29,32H,9-22H2,1-8H3;2*1H4/b28-26-;;. The summed E-state index contributed by atoms with van der Waals surface area (Å²) < 4.78 is 26.2. The molecule has 0 aromatic carbocycles. The quantitative estimate of drug-likeness (QED) is 0.0665. The molecule has 1 saturated heterocycles. The maximum absolute atomic E-state index is 13.7. The van der Waals surface area contributed by atoms with Crippen LogP contribution >= 0.6 is 0 Å². The van der Waals surface area contributed by atoms with Crippen molar-refractivity contribution >= 4 is 31.4 Å². The molecule has 1 fully saturated rings. The second kappa shape index (κ2) is 19.2. The number of carbonyl (C=O) groups excluding carboxylic acids is 1. The van der Waals surface area contributed by atoms with E-state index in [4.69, 9.17) is 17.4 Å². The van der Waals surface area contributed by atoms with Crippen molar-refractivity contribution < 1.29 is 22.2 Å². The van der Waals surface area contributed by atoms with Gasteiger partial charge in [0.15, 0.2) is 8.32 Å². The van der Waals surface area contributed by atoms with Crippen LogP contribution in [0.25, 0.3) is 0 Å². The summed E-state index contributed by atoms with van der Waals surface area (Å²) in [6.07, 6.45) is 14.4. The first-order valence-electron chi connectivity index (χ1n) is 15.7. The highest BCUT2D eigenvalue weighted by molar-refractivity contribution is 6.88. The van der Waals surface area contributed by atoms with Gasteiger partial charge in [-0.1, -0.05) is 67.2 Å². The van der Waals surface area contributed by atoms with Crippen LogP contribution in [0.4, 0.5) is 0 Å². The van der Waals surface area contributed by atoms with Gasteiger partial charge in [0.2, 0.25) is 0 Å². The first-order chi connectivity index (χ1) is 18.8. The van der Waals surface area contributed by atoms with Crippen molar-refractivity contribution in [1.29, 1.82) is 5.26 Å². The fraction of sp³-hybridized carbons (Fsp3) is 0.812. The fourth-order valence-corrected chi connectivity index (χ4v) is 18.5. The zero-order chi connectivity index (χ0) is 29.8. The largest absolute Gasteiger partial charge is 0.456 e. The normalized spacial score (nSPS) is 24.2. The van der Waals surface area contributed by atoms with Crippen LogP contribution in [0.1, 0.15) is 113 Å². The smallest absolute Gasteiger partial charge is 0.358 e. The van der Waals surface area contributed by atoms with Gasteiger partial charge in [0.25, 0.3) is 0 Å². The molecular formula is C32H64N2O5Si3. The van der Waals surface area contributed by atoms with E-state index in [-0.39, 0.29) is 20.4 Å². The zero-order valence-electron chi connectivity index (χ0n) is 26.6. The number of rotatable bonds is 14. The molecule has 3 unspecified atom stereocenters. The molecule has 1 aliphatic heterocycles. The summed E-state index contributed by atoms with van der Waals surface area (Å²) in [4.78, 5) is 13.7. The topological polar surface area (TPSA) is 89.8 Å². The van der Waals surface area contributed by atoms with E-state index in [1.54, 1.807) is 0 Å². The third-order valence-corrected chi connectivity index (χ3v) is 19.2. The van der Waals surface area contributed by atoms with Crippen LogP contribution < -0.4 is 5.32 Å². The Kier molecular flexibility index (Phi) is 18.7. The van der Waals surface area contributed by atoms with Gasteiger partial charge in [0.05, 0.1) is 0 Å². The van der Waals surface area contributed by atoms with Crippen LogP contribution in [-0.4, -0.2) is 49.8 Å². The van der Waals surface area contributed by atoms with E-state index in [0.29, 0.717) is 25.5 Å². The molecule has 7 nitrogen and oxygen atoms in total. The van der Waals surface area contributed by atoms with E-state index in [0.717, 1.165) is 49.4 Å². The predicted octanol–water partition coefficient (Wildman–Crippen LogP) is 9.17. The number of hydrogen-bond donors (Lipinski definition) is 1. The molecule has 1 N–H and O–H groups in total. The zero-order valence-corrected chi connectivity index (χ0v) is 29.6. The molecule has 1 aliphatic carbocycles. The summed E-state index contributed by atoms with van der Waals surface area (Å²) in [5.41, 5.74) is 1.46. The molecule has 0 amide bonds. The number of hydrogen-bond acceptors (Lipinski definition) is 7. The van der Waals surface area contributed by atoms with Gasteiger partial charge in [-0.3, -0.25) is 0 Å². The second-order valence-electron chi connectivity index (χ2n) is 12.8. The summed E-state index contributed by atoms with van der Waals surface area (Å²) in [5, 5.41) is 13.6. The van der Waals surface area contributed by atoms with Gasteiger partial charge < -0.3 is 22.7 Å². The lowest BCUT2D eigenvalue weighted by Gasteiger charge is -2.45. The average Bonchev–Trinajstić information content (AvgIpc) is 2.86. The van der Waals surface area contributed by atoms with Crippen LogP contribution in [0.2, 0.25) is 38.8 Å². The molecule has 244 valence electrons. The highest BCUT2D eigenvalue weighted by Crippen LogP contribution is 2.33. The van der Waals surface area contributed by atoms with Crippen molar-refractivity contribution in [3.05, 3.63) is 22.9 Å². The number of nitriles is 1. The van der Waals surface area contributed by atoms with E-state index >= 15 is 0 Å². The molecule has 0 radical (unpaired) electrons. The highest BCUT2D eigenvalue weighted by atomic mass is 28.5. The lowest BCUT2D eigenvalue weighted by molar-refractivity contribution is -0.142. The van der Waals surface area contributed by atoms with Crippen LogP contribution in [0.15, 0.2) is 22.9 Å². The summed E-state index contributed by atoms with van der Waals surface area (Å²) in [6, 6.07) is 3.42. The number of nitrogens with zero attached hydrogens (tertiary/aromatic N) is 1. The Morgan fingerprint density at radius 1 is 1.02 bits per heavy atom. The molecule has 3 atom stereocenters. The summed E-state index contributed by atoms with van der Waals surface area (Å²) in [7, 11) is -7.60. The third-order valence-electron chi connectivity index (χ3n) is 7.91. The van der Waals surface area contributed by atoms with Crippen molar-refractivity contribution in [3.8, 4) is 6.07 Å². The summed E-state index contributed by atoms with van der Waals surface area (Å²) >= 11 is 0. The van der Waals surface area contributed by atoms with E-state index in [1.807, 2.05) is 6.08 Å². The molecule has 42 heavy (non-hydrogen) atoms. The van der Waals surface area contributed by atoms with Crippen LogP contribution in [-0.2, 0) is 22.2 Å². The van der Waals surface area contributed by atoms with Gasteiger partial charge in [0.1, 0.15) is 17.4 Å². The fourth-order valence-electron chi connectivity index (χ4n) is 5.52. The van der Waals surface area contributed by atoms with Crippen LogP contribution in [0.3, 0.4) is 0 Å². The highest BCUT2D eigenvalue weighted by Gasteiger charge is 2.53. The molecule has 2 aliphatic rings. The van der Waals surface area contributed by atoms with Crippen molar-refractivity contribution in [2.24, 2.45) is 0 Å². The Hall–Kier alpha value is -1.23. The summed E-state index contributed by atoms with van der Waals surface area (Å²) in [5.74, 6) is -0.547. The Morgan fingerprint density at radius 3 is 2.29 bits per heavy atom. The number of carbonyl (C=O) groups is 1. The Morgan fingerprint density at radius 2 is 1.67 bits per heavy atom. The Labute approximate surface area is 262 Å². The van der Waals surface area contributed by atoms with Gasteiger partial charge in [-0.15, -0.1) is 0 Å². The minimum Gasteiger partial charge on any atom is -0.456 e. The predicted molar refractivity (Wildman–Crippen MR) is 183 cm³/mol. The van der Waals surface area contributed by atoms with E-state index in [1.165, 1.54) is 32.1 Å². The molecule has 0 spiro atoms. The van der Waals surface area contributed by atoms with E-state index < -0.39 is 37.1 Å². The molecule has 1 heterocycles. The number of unbranched alkanes of at least 4 members (excludes halogenated alkanes) is 6. The number of esters is 1. The van der Waals surface area contributed by atoms with Gasteiger partial charge in [-0.25, -0.2) is 4.79 Å². The van der Waals surface area contributed by atoms with Crippen molar-refractivity contribution in [1.82, 2.24) is 5.32 Å². The monoisotopic (exact) mass is 640 g/mol. The maximum atomic E-state index is 13.7. The van der Waals surface area contributed by atoms with Gasteiger partial charge in [-0.05, 0) is 95.9 Å². The molecule has 10 heteroatoms. The Balaban J connectivity index is 0.00000840. The number of nitrogens with one attached hydrogen (secondary N) is 1. The van der Waals surface area contributed by atoms with Crippen LogP contribution in [0, 0.1) is 11.3 Å². The first-order valence-corrected chi connectivity index (χ1v) is 24.0. The number of allylic oxidation sites excluding steroid dienone is 3. The van der Waals surface area contributed by atoms with Crippen LogP contribution in [0.5, 0.6) is 0 Å². The summed E-state index contributed by atoms with van der Waals surface area (Å²) in [6.45, 7) is 17.7. The van der Waals surface area contributed by atoms with Gasteiger partial charge in [0, 0.05) is 18.3 Å². The van der Waals surface area contributed by atoms with Crippen molar-refractivity contribution in [3.63, 3.8) is 0 Å². The minimum atomic E-state index is -3.02. The molecule has 0 aromatic heterocycles. The lowest BCUT2D eigenvalue weighted by atomic mass is 9.95. The van der Waals surface area contributed by atoms with Crippen molar-refractivity contribution in [2.45, 2.75) is 163 Å². The van der Waals surface area contributed by atoms with Gasteiger partial charge in [-0.2, -0.15) is 5.26 Å². The molecule has 2 rings (SSSR count). The van der Waals surface area contributed by atoms with Gasteiger partial charge >= 0.3 is 23.1 Å². The SMILES string of the molecule is C.C.CCCCCCCCCC(OC(=O)/C(C#N)=C1\C=C(NC(C)CC)CCC1)[Si]1(C)O[Si](C)(C)CCO[Si](C)(C)O1. The molecule has 0 aromatic rings. The van der Waals surface area contributed by atoms with Crippen molar-refractivity contribution in [2.75, 3.05) is 6.61 Å². The number of ether oxygens (including phenoxy) is 1. The minimum absolute atomic E-state index is 0.